The van der Waals surface area contributed by atoms with Crippen LogP contribution in [0, 0.1) is 17.8 Å². The van der Waals surface area contributed by atoms with Gasteiger partial charge in [0.2, 0.25) is 15.9 Å². The van der Waals surface area contributed by atoms with Crippen molar-refractivity contribution in [2.75, 3.05) is 13.1 Å². The molecule has 2 amide bonds. The smallest absolute Gasteiger partial charge is 0.410 e. The van der Waals surface area contributed by atoms with Crippen LogP contribution in [-0.2, 0) is 19.6 Å². The number of hydrogen-bond acceptors (Lipinski definition) is 5. The zero-order valence-electron chi connectivity index (χ0n) is 15.9. The average molecular weight is 387 g/mol. The molecule has 148 valence electrons. The van der Waals surface area contributed by atoms with Crippen LogP contribution in [0.4, 0.5) is 4.79 Å². The highest BCUT2D eigenvalue weighted by molar-refractivity contribution is 7.90. The van der Waals surface area contributed by atoms with E-state index in [4.69, 9.17) is 4.74 Å². The van der Waals surface area contributed by atoms with E-state index >= 15 is 0 Å². The molecular formula is C18H30N2O5S. The quantitative estimate of drug-likeness (QED) is 0.800. The second-order valence-electron chi connectivity index (χ2n) is 9.05. The lowest BCUT2D eigenvalue weighted by Crippen LogP contribution is -2.42. The molecule has 0 spiro atoms. The number of ether oxygens (including phenoxy) is 1. The first-order valence-electron chi connectivity index (χ1n) is 9.56. The summed E-state index contributed by atoms with van der Waals surface area (Å²) >= 11 is 0. The van der Waals surface area contributed by atoms with E-state index in [1.807, 2.05) is 0 Å². The van der Waals surface area contributed by atoms with Gasteiger partial charge in [-0.05, 0) is 64.2 Å². The molecule has 1 aliphatic heterocycles. The lowest BCUT2D eigenvalue weighted by atomic mass is 9.86. The average Bonchev–Trinajstić information content (AvgIpc) is 3.21. The Bertz CT molecular complexity index is 670. The Morgan fingerprint density at radius 3 is 2.46 bits per heavy atom. The molecule has 26 heavy (non-hydrogen) atoms. The van der Waals surface area contributed by atoms with Crippen LogP contribution >= 0.6 is 0 Å². The third kappa shape index (κ3) is 4.50. The van der Waals surface area contributed by atoms with E-state index in [1.165, 1.54) is 24.2 Å². The Hall–Kier alpha value is -1.31. The Kier molecular flexibility index (Phi) is 5.25. The zero-order chi connectivity index (χ0) is 19.1. The van der Waals surface area contributed by atoms with E-state index in [9.17, 15) is 18.0 Å². The van der Waals surface area contributed by atoms with Gasteiger partial charge in [-0.25, -0.2) is 13.2 Å². The van der Waals surface area contributed by atoms with Crippen LogP contribution < -0.4 is 4.72 Å². The van der Waals surface area contributed by atoms with E-state index in [1.54, 1.807) is 20.8 Å². The number of nitrogens with zero attached hydrogens (tertiary/aromatic N) is 1. The van der Waals surface area contributed by atoms with Gasteiger partial charge in [-0.15, -0.1) is 0 Å². The third-order valence-electron chi connectivity index (χ3n) is 5.82. The zero-order valence-corrected chi connectivity index (χ0v) is 16.7. The summed E-state index contributed by atoms with van der Waals surface area (Å²) in [6, 6.07) is 0. The number of hydrogen-bond donors (Lipinski definition) is 1. The number of fused-ring (bicyclic) bond motifs is 2. The highest BCUT2D eigenvalue weighted by Crippen LogP contribution is 2.49. The molecule has 2 aliphatic carbocycles. The number of sulfonamides is 1. The van der Waals surface area contributed by atoms with Crippen molar-refractivity contribution < 1.29 is 22.7 Å². The van der Waals surface area contributed by atoms with Gasteiger partial charge in [0.25, 0.3) is 0 Å². The van der Waals surface area contributed by atoms with E-state index in [0.717, 1.165) is 12.3 Å². The van der Waals surface area contributed by atoms with Gasteiger partial charge >= 0.3 is 6.09 Å². The first-order valence-corrected chi connectivity index (χ1v) is 11.1. The van der Waals surface area contributed by atoms with Crippen molar-refractivity contribution in [3.63, 3.8) is 0 Å². The lowest BCUT2D eigenvalue weighted by Gasteiger charge is -2.24. The minimum absolute atomic E-state index is 0.0612. The fraction of sp³-hybridized carbons (Fsp3) is 0.889. The molecule has 7 nitrogen and oxygen atoms in total. The molecule has 0 aromatic heterocycles. The second kappa shape index (κ2) is 7.02. The minimum Gasteiger partial charge on any atom is -0.444 e. The SMILES string of the molecule is CC(C)(C)OC(=O)N1CC[C@@H](S(=O)(=O)NC(=O)C[C@H]2C[C@H]3CC[C@H]2C3)C1. The maximum atomic E-state index is 12.5. The normalized spacial score (nSPS) is 31.3. The van der Waals surface area contributed by atoms with E-state index in [-0.39, 0.29) is 6.54 Å². The first-order chi connectivity index (χ1) is 12.0. The van der Waals surface area contributed by atoms with Gasteiger partial charge in [-0.2, -0.15) is 0 Å². The maximum absolute atomic E-state index is 12.5. The van der Waals surface area contributed by atoms with Crippen molar-refractivity contribution >= 4 is 22.0 Å². The van der Waals surface area contributed by atoms with E-state index < -0.39 is 32.9 Å². The van der Waals surface area contributed by atoms with Crippen LogP contribution in [-0.4, -0.2) is 49.3 Å². The monoisotopic (exact) mass is 386 g/mol. The van der Waals surface area contributed by atoms with Crippen LogP contribution in [0.2, 0.25) is 0 Å². The van der Waals surface area contributed by atoms with Crippen LogP contribution in [0.1, 0.15) is 59.3 Å². The summed E-state index contributed by atoms with van der Waals surface area (Å²) in [5.74, 6) is 1.23. The predicted molar refractivity (Wildman–Crippen MR) is 96.8 cm³/mol. The molecule has 0 aromatic carbocycles. The summed E-state index contributed by atoms with van der Waals surface area (Å²) in [5, 5.41) is -0.765. The van der Waals surface area contributed by atoms with Crippen molar-refractivity contribution in [2.45, 2.75) is 70.1 Å². The molecule has 1 saturated heterocycles. The number of likely N-dealkylation sites (tertiary alicyclic amines) is 1. The molecule has 0 unspecified atom stereocenters. The molecule has 3 rings (SSSR count). The summed E-state index contributed by atoms with van der Waals surface area (Å²) in [5.41, 5.74) is -0.622. The van der Waals surface area contributed by atoms with Crippen LogP contribution in [0.25, 0.3) is 0 Å². The van der Waals surface area contributed by atoms with Gasteiger partial charge in [0.15, 0.2) is 0 Å². The van der Waals surface area contributed by atoms with Crippen LogP contribution in [0.3, 0.4) is 0 Å². The van der Waals surface area contributed by atoms with Gasteiger partial charge in [-0.3, -0.25) is 9.52 Å². The number of carbonyl (C=O) groups excluding carboxylic acids is 2. The highest BCUT2D eigenvalue weighted by Gasteiger charge is 2.42. The van der Waals surface area contributed by atoms with Crippen molar-refractivity contribution in [2.24, 2.45) is 17.8 Å². The molecule has 1 N–H and O–H groups in total. The Morgan fingerprint density at radius 2 is 1.88 bits per heavy atom. The fourth-order valence-corrected chi connectivity index (χ4v) is 5.98. The summed E-state index contributed by atoms with van der Waals surface area (Å²) in [6.07, 6.45) is 4.76. The topological polar surface area (TPSA) is 92.8 Å². The van der Waals surface area contributed by atoms with Gasteiger partial charge < -0.3 is 9.64 Å². The molecule has 3 fully saturated rings. The molecule has 3 aliphatic rings. The van der Waals surface area contributed by atoms with Crippen molar-refractivity contribution in [3.8, 4) is 0 Å². The van der Waals surface area contributed by atoms with Crippen molar-refractivity contribution in [3.05, 3.63) is 0 Å². The summed E-state index contributed by atoms with van der Waals surface area (Å²) in [7, 11) is -3.77. The van der Waals surface area contributed by atoms with Crippen LogP contribution in [0.5, 0.6) is 0 Å². The number of rotatable bonds is 4. The summed E-state index contributed by atoms with van der Waals surface area (Å²) < 4.78 is 32.6. The van der Waals surface area contributed by atoms with Gasteiger partial charge in [-0.1, -0.05) is 6.42 Å². The summed E-state index contributed by atoms with van der Waals surface area (Å²) in [4.78, 5) is 25.7. The number of amides is 2. The largest absolute Gasteiger partial charge is 0.444 e. The molecule has 8 heteroatoms. The Morgan fingerprint density at radius 1 is 1.15 bits per heavy atom. The lowest BCUT2D eigenvalue weighted by molar-refractivity contribution is -0.120. The molecule has 1 heterocycles. The van der Waals surface area contributed by atoms with Gasteiger partial charge in [0.05, 0.1) is 5.25 Å². The second-order valence-corrected chi connectivity index (χ2v) is 11.0. The minimum atomic E-state index is -3.77. The molecule has 2 saturated carbocycles. The highest BCUT2D eigenvalue weighted by atomic mass is 32.2. The van der Waals surface area contributed by atoms with Crippen molar-refractivity contribution in [1.29, 1.82) is 0 Å². The first kappa shape index (κ1) is 19.5. The standard InChI is InChI=1S/C18H30N2O5S/c1-18(2,3)25-17(22)20-7-6-15(11-20)26(23,24)19-16(21)10-14-9-12-4-5-13(14)8-12/h12-15H,4-11H2,1-3H3,(H,19,21)/t12-,13-,14+,15+/m0/s1. The molecular weight excluding hydrogens is 356 g/mol. The van der Waals surface area contributed by atoms with Gasteiger partial charge in [0.1, 0.15) is 5.60 Å². The number of nitrogens with one attached hydrogen (secondary N) is 1. The fourth-order valence-electron chi connectivity index (χ4n) is 4.62. The van der Waals surface area contributed by atoms with E-state index in [0.29, 0.717) is 31.2 Å². The van der Waals surface area contributed by atoms with Gasteiger partial charge in [0, 0.05) is 19.5 Å². The molecule has 0 radical (unpaired) electrons. The van der Waals surface area contributed by atoms with Crippen LogP contribution in [0.15, 0.2) is 0 Å². The van der Waals surface area contributed by atoms with Crippen molar-refractivity contribution in [1.82, 2.24) is 9.62 Å². The number of carbonyl (C=O) groups is 2. The predicted octanol–water partition coefficient (Wildman–Crippen LogP) is 2.27. The molecule has 4 atom stereocenters. The summed E-state index contributed by atoms with van der Waals surface area (Å²) in [6.45, 7) is 5.69. The maximum Gasteiger partial charge on any atom is 0.410 e. The van der Waals surface area contributed by atoms with E-state index in [2.05, 4.69) is 4.72 Å². The Labute approximate surface area is 155 Å². The Balaban J connectivity index is 1.50. The molecule has 0 aromatic rings. The molecule has 2 bridgehead atoms. The third-order valence-corrected chi connectivity index (χ3v) is 7.60.